The molecule has 1 fully saturated rings. The van der Waals surface area contributed by atoms with Crippen molar-refractivity contribution in [1.29, 1.82) is 0 Å². The number of fused-ring (bicyclic) bond motifs is 1. The van der Waals surface area contributed by atoms with E-state index in [0.29, 0.717) is 0 Å². The molecule has 19 heavy (non-hydrogen) atoms. The maximum Gasteiger partial charge on any atom is 0.328 e. The van der Waals surface area contributed by atoms with Crippen molar-refractivity contribution in [2.24, 2.45) is 0 Å². The molecule has 102 valence electrons. The van der Waals surface area contributed by atoms with Crippen molar-refractivity contribution in [3.8, 4) is 0 Å². The van der Waals surface area contributed by atoms with Crippen molar-refractivity contribution in [3.63, 3.8) is 0 Å². The van der Waals surface area contributed by atoms with E-state index < -0.39 is 0 Å². The van der Waals surface area contributed by atoms with Crippen molar-refractivity contribution < 1.29 is 9.53 Å². The van der Waals surface area contributed by atoms with E-state index in [-0.39, 0.29) is 12.0 Å². The van der Waals surface area contributed by atoms with Gasteiger partial charge in [0.05, 0.1) is 7.11 Å². The second-order valence-corrected chi connectivity index (χ2v) is 5.36. The molecule has 3 rings (SSSR count). The fourth-order valence-electron chi connectivity index (χ4n) is 3.19. The number of carbonyl (C=O) groups excluding carboxylic acids is 1. The first kappa shape index (κ1) is 12.3. The van der Waals surface area contributed by atoms with Gasteiger partial charge in [0, 0.05) is 31.5 Å². The SMILES string of the molecule is COC(=O)C1CCCN1c1ccc2c(c1)CCN2C. The fourth-order valence-corrected chi connectivity index (χ4v) is 3.19. The van der Waals surface area contributed by atoms with Crippen LogP contribution >= 0.6 is 0 Å². The van der Waals surface area contributed by atoms with Crippen LogP contribution in [0.1, 0.15) is 18.4 Å². The van der Waals surface area contributed by atoms with Crippen LogP contribution in [0.4, 0.5) is 11.4 Å². The minimum atomic E-state index is -0.116. The van der Waals surface area contributed by atoms with Gasteiger partial charge in [0.1, 0.15) is 6.04 Å². The van der Waals surface area contributed by atoms with Crippen molar-refractivity contribution in [3.05, 3.63) is 23.8 Å². The summed E-state index contributed by atoms with van der Waals surface area (Å²) in [6, 6.07) is 6.42. The van der Waals surface area contributed by atoms with Crippen LogP contribution < -0.4 is 9.80 Å². The van der Waals surface area contributed by atoms with Crippen LogP contribution in [0.2, 0.25) is 0 Å². The van der Waals surface area contributed by atoms with E-state index in [9.17, 15) is 4.79 Å². The van der Waals surface area contributed by atoms with Crippen molar-refractivity contribution in [2.45, 2.75) is 25.3 Å². The molecule has 2 aliphatic rings. The second-order valence-electron chi connectivity index (χ2n) is 5.36. The van der Waals surface area contributed by atoms with Gasteiger partial charge in [-0.25, -0.2) is 4.79 Å². The zero-order chi connectivity index (χ0) is 13.4. The number of rotatable bonds is 2. The molecule has 4 heteroatoms. The van der Waals surface area contributed by atoms with Gasteiger partial charge in [-0.05, 0) is 43.0 Å². The molecule has 0 N–H and O–H groups in total. The molecule has 0 amide bonds. The average Bonchev–Trinajstić information content (AvgIpc) is 3.05. The Morgan fingerprint density at radius 2 is 2.21 bits per heavy atom. The van der Waals surface area contributed by atoms with E-state index in [1.54, 1.807) is 0 Å². The summed E-state index contributed by atoms with van der Waals surface area (Å²) in [6.45, 7) is 2.02. The first-order chi connectivity index (χ1) is 9.20. The number of ether oxygens (including phenoxy) is 1. The molecule has 1 aromatic rings. The molecular formula is C15H20N2O2. The Labute approximate surface area is 113 Å². The Bertz CT molecular complexity index is 501. The third kappa shape index (κ3) is 2.05. The summed E-state index contributed by atoms with van der Waals surface area (Å²) in [5, 5.41) is 0. The van der Waals surface area contributed by atoms with Gasteiger partial charge in [0.15, 0.2) is 0 Å². The van der Waals surface area contributed by atoms with Gasteiger partial charge < -0.3 is 14.5 Å². The standard InChI is InChI=1S/C15H20N2O2/c1-16-9-7-11-10-12(5-6-13(11)16)17-8-3-4-14(17)15(18)19-2/h5-6,10,14H,3-4,7-9H2,1-2H3. The molecule has 0 aliphatic carbocycles. The minimum Gasteiger partial charge on any atom is -0.467 e. The zero-order valence-electron chi connectivity index (χ0n) is 11.6. The van der Waals surface area contributed by atoms with E-state index in [2.05, 4.69) is 35.0 Å². The number of hydrogen-bond donors (Lipinski definition) is 0. The minimum absolute atomic E-state index is 0.109. The summed E-state index contributed by atoms with van der Waals surface area (Å²) >= 11 is 0. The van der Waals surface area contributed by atoms with E-state index in [1.165, 1.54) is 18.4 Å². The number of benzene rings is 1. The summed E-state index contributed by atoms with van der Waals surface area (Å²) in [5.41, 5.74) is 3.86. The van der Waals surface area contributed by atoms with E-state index >= 15 is 0 Å². The van der Waals surface area contributed by atoms with Gasteiger partial charge in [-0.15, -0.1) is 0 Å². The Balaban J connectivity index is 1.88. The number of likely N-dealkylation sites (N-methyl/N-ethyl adjacent to an activating group) is 1. The van der Waals surface area contributed by atoms with E-state index in [0.717, 1.165) is 38.0 Å². The number of nitrogens with zero attached hydrogens (tertiary/aromatic N) is 2. The Morgan fingerprint density at radius 1 is 1.37 bits per heavy atom. The normalized spacial score (nSPS) is 21.7. The molecular weight excluding hydrogens is 240 g/mol. The number of anilines is 2. The molecule has 1 aromatic carbocycles. The van der Waals surface area contributed by atoms with Gasteiger partial charge in [0.2, 0.25) is 0 Å². The highest BCUT2D eigenvalue weighted by atomic mass is 16.5. The largest absolute Gasteiger partial charge is 0.467 e. The predicted molar refractivity (Wildman–Crippen MR) is 75.8 cm³/mol. The van der Waals surface area contributed by atoms with Crippen molar-refractivity contribution in [2.75, 3.05) is 37.0 Å². The molecule has 0 saturated carbocycles. The smallest absolute Gasteiger partial charge is 0.328 e. The van der Waals surface area contributed by atoms with Crippen molar-refractivity contribution in [1.82, 2.24) is 0 Å². The monoisotopic (exact) mass is 260 g/mol. The van der Waals surface area contributed by atoms with Gasteiger partial charge in [0.25, 0.3) is 0 Å². The Morgan fingerprint density at radius 3 is 3.00 bits per heavy atom. The Hall–Kier alpha value is -1.71. The maximum absolute atomic E-state index is 11.8. The van der Waals surface area contributed by atoms with Crippen LogP contribution in [-0.4, -0.2) is 39.3 Å². The fraction of sp³-hybridized carbons (Fsp3) is 0.533. The molecule has 4 nitrogen and oxygen atoms in total. The average molecular weight is 260 g/mol. The highest BCUT2D eigenvalue weighted by Crippen LogP contribution is 2.33. The van der Waals surface area contributed by atoms with Crippen LogP contribution in [0, 0.1) is 0 Å². The summed E-state index contributed by atoms with van der Waals surface area (Å²) in [7, 11) is 3.59. The highest BCUT2D eigenvalue weighted by Gasteiger charge is 2.32. The highest BCUT2D eigenvalue weighted by molar-refractivity contribution is 5.81. The van der Waals surface area contributed by atoms with Crippen LogP contribution in [0.25, 0.3) is 0 Å². The molecule has 1 saturated heterocycles. The molecule has 2 heterocycles. The van der Waals surface area contributed by atoms with Gasteiger partial charge in [-0.2, -0.15) is 0 Å². The van der Waals surface area contributed by atoms with E-state index in [4.69, 9.17) is 4.74 Å². The number of carbonyl (C=O) groups is 1. The quantitative estimate of drug-likeness (QED) is 0.759. The lowest BCUT2D eigenvalue weighted by Crippen LogP contribution is -2.36. The lowest BCUT2D eigenvalue weighted by molar-refractivity contribution is -0.141. The lowest BCUT2D eigenvalue weighted by atomic mass is 10.1. The van der Waals surface area contributed by atoms with Crippen LogP contribution in [0.5, 0.6) is 0 Å². The number of methoxy groups -OCH3 is 1. The molecule has 0 bridgehead atoms. The summed E-state index contributed by atoms with van der Waals surface area (Å²) in [4.78, 5) is 16.3. The molecule has 0 radical (unpaired) electrons. The Kier molecular flexibility index (Phi) is 3.09. The topological polar surface area (TPSA) is 32.8 Å². The summed E-state index contributed by atoms with van der Waals surface area (Å²) < 4.78 is 4.91. The predicted octanol–water partition coefficient (Wildman–Crippen LogP) is 1.82. The van der Waals surface area contributed by atoms with Gasteiger partial charge in [-0.1, -0.05) is 0 Å². The van der Waals surface area contributed by atoms with Gasteiger partial charge in [-0.3, -0.25) is 0 Å². The van der Waals surface area contributed by atoms with Gasteiger partial charge >= 0.3 is 5.97 Å². The lowest BCUT2D eigenvalue weighted by Gasteiger charge is -2.25. The molecule has 2 aliphatic heterocycles. The van der Waals surface area contributed by atoms with Crippen molar-refractivity contribution >= 4 is 17.3 Å². The molecule has 0 spiro atoms. The summed E-state index contributed by atoms with van der Waals surface area (Å²) in [6.07, 6.45) is 3.04. The molecule has 1 atom stereocenters. The number of esters is 1. The second kappa shape index (κ2) is 4.76. The zero-order valence-corrected chi connectivity index (χ0v) is 11.6. The van der Waals surface area contributed by atoms with Crippen LogP contribution in [0.15, 0.2) is 18.2 Å². The van der Waals surface area contributed by atoms with Crippen LogP contribution in [0.3, 0.4) is 0 Å². The molecule has 1 unspecified atom stereocenters. The third-order valence-electron chi connectivity index (χ3n) is 4.25. The first-order valence-electron chi connectivity index (χ1n) is 6.89. The number of hydrogen-bond acceptors (Lipinski definition) is 4. The maximum atomic E-state index is 11.8. The van der Waals surface area contributed by atoms with Crippen LogP contribution in [-0.2, 0) is 16.0 Å². The van der Waals surface area contributed by atoms with E-state index in [1.807, 2.05) is 0 Å². The molecule has 0 aromatic heterocycles. The summed E-state index contributed by atoms with van der Waals surface area (Å²) in [5.74, 6) is -0.116. The third-order valence-corrected chi connectivity index (χ3v) is 4.25. The first-order valence-corrected chi connectivity index (χ1v) is 6.89.